The predicted octanol–water partition coefficient (Wildman–Crippen LogP) is 2.46. The lowest BCUT2D eigenvalue weighted by atomic mass is 9.89. The van der Waals surface area contributed by atoms with Crippen molar-refractivity contribution < 1.29 is 13.2 Å². The predicted molar refractivity (Wildman–Crippen MR) is 94.6 cm³/mol. The van der Waals surface area contributed by atoms with Crippen LogP contribution < -0.4 is 0 Å². The highest BCUT2D eigenvalue weighted by Crippen LogP contribution is 2.28. The highest BCUT2D eigenvalue weighted by atomic mass is 32.2. The lowest BCUT2D eigenvalue weighted by Gasteiger charge is -2.28. The Bertz CT molecular complexity index is 764. The zero-order valence-electron chi connectivity index (χ0n) is 13.6. The molecule has 24 heavy (non-hydrogen) atoms. The van der Waals surface area contributed by atoms with Crippen LogP contribution in [0.3, 0.4) is 0 Å². The van der Waals surface area contributed by atoms with E-state index in [0.717, 1.165) is 11.1 Å². The van der Waals surface area contributed by atoms with Crippen LogP contribution in [0.15, 0.2) is 60.7 Å². The summed E-state index contributed by atoms with van der Waals surface area (Å²) in [5, 5.41) is 0. The molecule has 126 valence electrons. The summed E-state index contributed by atoms with van der Waals surface area (Å²) < 4.78 is 23.5. The molecule has 1 unspecified atom stereocenters. The van der Waals surface area contributed by atoms with E-state index in [0.29, 0.717) is 6.42 Å². The Labute approximate surface area is 143 Å². The molecule has 5 heteroatoms. The van der Waals surface area contributed by atoms with E-state index < -0.39 is 15.8 Å². The molecule has 4 nitrogen and oxygen atoms in total. The van der Waals surface area contributed by atoms with E-state index in [2.05, 4.69) is 0 Å². The maximum absolute atomic E-state index is 13.2. The number of hydrogen-bond acceptors (Lipinski definition) is 3. The van der Waals surface area contributed by atoms with Gasteiger partial charge in [-0.05, 0) is 17.5 Å². The fourth-order valence-corrected chi connectivity index (χ4v) is 5.01. The van der Waals surface area contributed by atoms with Gasteiger partial charge in [0.15, 0.2) is 9.84 Å². The van der Waals surface area contributed by atoms with Gasteiger partial charge in [-0.15, -0.1) is 0 Å². The minimum absolute atomic E-state index is 0.0606. The maximum atomic E-state index is 13.2. The first-order valence-electron chi connectivity index (χ1n) is 8.05. The topological polar surface area (TPSA) is 54.5 Å². The van der Waals surface area contributed by atoms with Crippen LogP contribution in [0.4, 0.5) is 0 Å². The van der Waals surface area contributed by atoms with Crippen molar-refractivity contribution in [3.05, 3.63) is 71.8 Å². The fraction of sp³-hybridized carbons (Fsp3) is 0.316. The number of likely N-dealkylation sites (N-methyl/N-ethyl adjacent to an activating group) is 1. The molecular weight excluding hydrogens is 322 g/mol. The van der Waals surface area contributed by atoms with Gasteiger partial charge in [-0.1, -0.05) is 60.7 Å². The molecule has 1 aliphatic heterocycles. The smallest absolute Gasteiger partial charge is 0.234 e. The van der Waals surface area contributed by atoms with Gasteiger partial charge in [0.1, 0.15) is 0 Å². The Morgan fingerprint density at radius 1 is 1.00 bits per heavy atom. The summed E-state index contributed by atoms with van der Waals surface area (Å²) in [7, 11) is -1.31. The number of rotatable bonds is 4. The van der Waals surface area contributed by atoms with E-state index in [1.165, 1.54) is 0 Å². The number of hydrogen-bond donors (Lipinski definition) is 0. The van der Waals surface area contributed by atoms with Gasteiger partial charge in [-0.25, -0.2) is 8.42 Å². The van der Waals surface area contributed by atoms with Crippen molar-refractivity contribution in [3.63, 3.8) is 0 Å². The summed E-state index contributed by atoms with van der Waals surface area (Å²) >= 11 is 0. The number of sulfone groups is 1. The first-order chi connectivity index (χ1) is 11.5. The molecule has 0 aromatic heterocycles. The summed E-state index contributed by atoms with van der Waals surface area (Å²) in [4.78, 5) is 14.8. The zero-order chi connectivity index (χ0) is 17.2. The first-order valence-corrected chi connectivity index (χ1v) is 9.87. The molecule has 1 aliphatic rings. The van der Waals surface area contributed by atoms with Gasteiger partial charge in [-0.2, -0.15) is 0 Å². The van der Waals surface area contributed by atoms with Crippen LogP contribution in [0, 0.1) is 0 Å². The lowest BCUT2D eigenvalue weighted by molar-refractivity contribution is -0.132. The van der Waals surface area contributed by atoms with Gasteiger partial charge in [-0.3, -0.25) is 4.79 Å². The molecule has 1 amide bonds. The first kappa shape index (κ1) is 16.7. The number of carbonyl (C=O) groups is 1. The van der Waals surface area contributed by atoms with Crippen molar-refractivity contribution in [2.24, 2.45) is 0 Å². The molecule has 1 fully saturated rings. The molecule has 0 N–H and O–H groups in total. The molecule has 0 aliphatic carbocycles. The van der Waals surface area contributed by atoms with Gasteiger partial charge in [0.05, 0.1) is 17.4 Å². The highest BCUT2D eigenvalue weighted by Gasteiger charge is 2.35. The van der Waals surface area contributed by atoms with Crippen molar-refractivity contribution in [3.8, 4) is 0 Å². The van der Waals surface area contributed by atoms with E-state index in [9.17, 15) is 13.2 Å². The van der Waals surface area contributed by atoms with Crippen molar-refractivity contribution in [2.45, 2.75) is 18.4 Å². The number of nitrogens with zero attached hydrogens (tertiary/aromatic N) is 1. The van der Waals surface area contributed by atoms with Crippen molar-refractivity contribution in [2.75, 3.05) is 18.6 Å². The summed E-state index contributed by atoms with van der Waals surface area (Å²) in [6.07, 6.45) is 0.515. The Morgan fingerprint density at radius 3 is 1.92 bits per heavy atom. The number of amides is 1. The van der Waals surface area contributed by atoms with E-state index in [-0.39, 0.29) is 23.5 Å². The van der Waals surface area contributed by atoms with Crippen LogP contribution in [0.25, 0.3) is 0 Å². The summed E-state index contributed by atoms with van der Waals surface area (Å²) in [6.45, 7) is 0. The maximum Gasteiger partial charge on any atom is 0.234 e. The second-order valence-electron chi connectivity index (χ2n) is 6.26. The lowest BCUT2D eigenvalue weighted by Crippen LogP contribution is -2.41. The average Bonchev–Trinajstić information content (AvgIpc) is 2.96. The summed E-state index contributed by atoms with van der Waals surface area (Å²) in [5.74, 6) is -0.252. The van der Waals surface area contributed by atoms with Crippen molar-refractivity contribution in [1.29, 1.82) is 0 Å². The highest BCUT2D eigenvalue weighted by molar-refractivity contribution is 7.91. The largest absolute Gasteiger partial charge is 0.341 e. The second-order valence-corrected chi connectivity index (χ2v) is 8.49. The molecule has 0 bridgehead atoms. The van der Waals surface area contributed by atoms with Gasteiger partial charge in [0, 0.05) is 13.1 Å². The molecule has 2 aromatic carbocycles. The zero-order valence-corrected chi connectivity index (χ0v) is 14.4. The van der Waals surface area contributed by atoms with E-state index in [4.69, 9.17) is 0 Å². The van der Waals surface area contributed by atoms with E-state index in [1.807, 2.05) is 60.7 Å². The number of carbonyl (C=O) groups excluding carboxylic acids is 1. The standard InChI is InChI=1S/C19H21NO3S/c1-20(17-12-13-24(22,23)14-17)19(21)18(15-8-4-2-5-9-15)16-10-6-3-7-11-16/h2-11,17-18H,12-14H2,1H3. The third-order valence-corrected chi connectivity index (χ3v) is 6.37. The van der Waals surface area contributed by atoms with E-state index >= 15 is 0 Å². The van der Waals surface area contributed by atoms with Crippen molar-refractivity contribution >= 4 is 15.7 Å². The molecule has 2 aromatic rings. The Kier molecular flexibility index (Phi) is 4.71. The van der Waals surface area contributed by atoms with Crippen molar-refractivity contribution in [1.82, 2.24) is 4.90 Å². The quantitative estimate of drug-likeness (QED) is 0.857. The molecule has 0 saturated carbocycles. The monoisotopic (exact) mass is 343 g/mol. The summed E-state index contributed by atoms with van der Waals surface area (Å²) in [5.41, 5.74) is 1.84. The van der Waals surface area contributed by atoms with Crippen LogP contribution in [-0.4, -0.2) is 43.8 Å². The fourth-order valence-electron chi connectivity index (χ4n) is 3.23. The normalized spacial score (nSPS) is 19.3. The molecular formula is C19H21NO3S. The molecule has 3 rings (SSSR count). The number of benzene rings is 2. The molecule has 1 heterocycles. The SMILES string of the molecule is CN(C(=O)C(c1ccccc1)c1ccccc1)C1CCS(=O)(=O)C1. The van der Waals surface area contributed by atoms with Gasteiger partial charge in [0.25, 0.3) is 0 Å². The van der Waals surface area contributed by atoms with Gasteiger partial charge >= 0.3 is 0 Å². The van der Waals surface area contributed by atoms with Crippen LogP contribution in [-0.2, 0) is 14.6 Å². The molecule has 1 saturated heterocycles. The molecule has 0 spiro atoms. The third-order valence-electron chi connectivity index (χ3n) is 4.62. The Balaban J connectivity index is 1.92. The van der Waals surface area contributed by atoms with Gasteiger partial charge < -0.3 is 4.90 Å². The second kappa shape index (κ2) is 6.77. The van der Waals surface area contributed by atoms with E-state index in [1.54, 1.807) is 11.9 Å². The minimum Gasteiger partial charge on any atom is -0.341 e. The molecule has 0 radical (unpaired) electrons. The summed E-state index contributed by atoms with van der Waals surface area (Å²) in [6, 6.07) is 19.0. The molecule has 1 atom stereocenters. The Hall–Kier alpha value is -2.14. The van der Waals surface area contributed by atoms with Crippen LogP contribution in [0.1, 0.15) is 23.5 Å². The van der Waals surface area contributed by atoms with Crippen LogP contribution >= 0.6 is 0 Å². The Morgan fingerprint density at radius 2 is 1.50 bits per heavy atom. The van der Waals surface area contributed by atoms with Gasteiger partial charge in [0.2, 0.25) is 5.91 Å². The van der Waals surface area contributed by atoms with Crippen LogP contribution in [0.2, 0.25) is 0 Å². The van der Waals surface area contributed by atoms with Crippen LogP contribution in [0.5, 0.6) is 0 Å². The average molecular weight is 343 g/mol. The minimum atomic E-state index is -3.02. The third kappa shape index (κ3) is 3.51.